The van der Waals surface area contributed by atoms with E-state index in [1.165, 1.54) is 0 Å². The van der Waals surface area contributed by atoms with Crippen LogP contribution >= 0.6 is 23.2 Å². The van der Waals surface area contributed by atoms with Crippen LogP contribution in [0.4, 0.5) is 5.69 Å². The highest BCUT2D eigenvalue weighted by Gasteiger charge is 2.31. The van der Waals surface area contributed by atoms with Gasteiger partial charge in [0, 0.05) is 22.7 Å². The average Bonchev–Trinajstić information content (AvgIpc) is 3.21. The molecule has 3 aromatic rings. The van der Waals surface area contributed by atoms with Gasteiger partial charge in [0.25, 0.3) is 5.91 Å². The van der Waals surface area contributed by atoms with Crippen molar-refractivity contribution >= 4 is 46.4 Å². The molecule has 1 amide bonds. The first-order valence-corrected chi connectivity index (χ1v) is 9.52. The van der Waals surface area contributed by atoms with E-state index in [1.54, 1.807) is 18.2 Å². The first-order valence-electron chi connectivity index (χ1n) is 8.76. The van der Waals surface area contributed by atoms with Gasteiger partial charge in [0.2, 0.25) is 0 Å². The molecule has 1 aliphatic rings. The largest absolute Gasteiger partial charge is 0.457 e. The van der Waals surface area contributed by atoms with E-state index in [2.05, 4.69) is 6.92 Å². The van der Waals surface area contributed by atoms with Crippen molar-refractivity contribution in [1.82, 2.24) is 0 Å². The number of nitrogens with zero attached hydrogens (tertiary/aromatic N) is 1. The van der Waals surface area contributed by atoms with Crippen LogP contribution in [0.5, 0.6) is 0 Å². The van der Waals surface area contributed by atoms with E-state index in [-0.39, 0.29) is 5.91 Å². The Labute approximate surface area is 167 Å². The van der Waals surface area contributed by atoms with Crippen molar-refractivity contribution in [3.63, 3.8) is 0 Å². The molecular weight excluding hydrogens is 381 g/mol. The highest BCUT2D eigenvalue weighted by Crippen LogP contribution is 2.38. The average molecular weight is 398 g/mol. The lowest BCUT2D eigenvalue weighted by atomic mass is 10.1. The first-order chi connectivity index (χ1) is 13.1. The molecule has 0 saturated heterocycles. The van der Waals surface area contributed by atoms with Gasteiger partial charge in [-0.25, -0.2) is 0 Å². The normalized spacial score (nSPS) is 14.9. The fourth-order valence-corrected chi connectivity index (χ4v) is 3.80. The van der Waals surface area contributed by atoms with Crippen LogP contribution in [0.3, 0.4) is 0 Å². The van der Waals surface area contributed by atoms with Crippen LogP contribution in [-0.2, 0) is 4.79 Å². The SMILES string of the molecule is CCCN1C(=O)/C(=C\c2ccc(-c3ccc(Cl)cc3Cl)o2)c2ccccc21. The molecule has 0 unspecified atom stereocenters. The molecule has 2 aromatic carbocycles. The lowest BCUT2D eigenvalue weighted by molar-refractivity contribution is -0.113. The van der Waals surface area contributed by atoms with Crippen LogP contribution in [-0.4, -0.2) is 12.5 Å². The van der Waals surface area contributed by atoms with Gasteiger partial charge >= 0.3 is 0 Å². The van der Waals surface area contributed by atoms with E-state index < -0.39 is 0 Å². The minimum atomic E-state index is 0.000486. The molecule has 0 spiro atoms. The summed E-state index contributed by atoms with van der Waals surface area (Å²) in [5.74, 6) is 1.24. The summed E-state index contributed by atoms with van der Waals surface area (Å²) in [6.45, 7) is 2.75. The summed E-state index contributed by atoms with van der Waals surface area (Å²) in [5, 5.41) is 1.09. The number of furan rings is 1. The van der Waals surface area contributed by atoms with Gasteiger partial charge in [0.15, 0.2) is 0 Å². The molecule has 27 heavy (non-hydrogen) atoms. The summed E-state index contributed by atoms with van der Waals surface area (Å²) in [6.07, 6.45) is 2.69. The number of benzene rings is 2. The van der Waals surface area contributed by atoms with E-state index in [0.717, 1.165) is 23.2 Å². The van der Waals surface area contributed by atoms with Gasteiger partial charge in [0.1, 0.15) is 11.5 Å². The first kappa shape index (κ1) is 17.9. The molecular formula is C22H17Cl2NO2. The Morgan fingerprint density at radius 1 is 1.04 bits per heavy atom. The number of rotatable bonds is 4. The predicted octanol–water partition coefficient (Wildman–Crippen LogP) is 6.55. The third-order valence-corrected chi connectivity index (χ3v) is 5.07. The van der Waals surface area contributed by atoms with E-state index >= 15 is 0 Å². The quantitative estimate of drug-likeness (QED) is 0.467. The van der Waals surface area contributed by atoms with Crippen molar-refractivity contribution in [3.8, 4) is 11.3 Å². The van der Waals surface area contributed by atoms with Crippen LogP contribution in [0.2, 0.25) is 10.0 Å². The number of hydrogen-bond acceptors (Lipinski definition) is 2. The number of halogens is 2. The Bertz CT molecular complexity index is 1050. The fourth-order valence-electron chi connectivity index (χ4n) is 3.30. The molecule has 1 aromatic heterocycles. The second-order valence-corrected chi connectivity index (χ2v) is 7.20. The van der Waals surface area contributed by atoms with Gasteiger partial charge in [-0.1, -0.05) is 48.3 Å². The zero-order valence-electron chi connectivity index (χ0n) is 14.7. The third kappa shape index (κ3) is 3.29. The van der Waals surface area contributed by atoms with Gasteiger partial charge < -0.3 is 9.32 Å². The van der Waals surface area contributed by atoms with E-state index in [4.69, 9.17) is 27.6 Å². The van der Waals surface area contributed by atoms with E-state index in [9.17, 15) is 4.79 Å². The molecule has 0 saturated carbocycles. The number of carbonyl (C=O) groups excluding carboxylic acids is 1. The molecule has 0 radical (unpaired) electrons. The summed E-state index contributed by atoms with van der Waals surface area (Å²) in [5.41, 5.74) is 3.28. The molecule has 0 bridgehead atoms. The molecule has 0 N–H and O–H groups in total. The van der Waals surface area contributed by atoms with Crippen molar-refractivity contribution in [2.75, 3.05) is 11.4 Å². The highest BCUT2D eigenvalue weighted by molar-refractivity contribution is 6.36. The Morgan fingerprint density at radius 2 is 1.85 bits per heavy atom. The van der Waals surface area contributed by atoms with Crippen LogP contribution in [0, 0.1) is 0 Å². The Balaban J connectivity index is 1.72. The van der Waals surface area contributed by atoms with E-state index in [1.807, 2.05) is 47.4 Å². The van der Waals surface area contributed by atoms with Gasteiger partial charge in [-0.2, -0.15) is 0 Å². The van der Waals surface area contributed by atoms with Crippen LogP contribution in [0.15, 0.2) is 59.0 Å². The Hall–Kier alpha value is -2.49. The van der Waals surface area contributed by atoms with Gasteiger partial charge in [-0.15, -0.1) is 0 Å². The molecule has 3 nitrogen and oxygen atoms in total. The molecule has 2 heterocycles. The summed E-state index contributed by atoms with van der Waals surface area (Å²) in [7, 11) is 0. The predicted molar refractivity (Wildman–Crippen MR) is 111 cm³/mol. The van der Waals surface area contributed by atoms with E-state index in [0.29, 0.717) is 33.7 Å². The molecule has 1 aliphatic heterocycles. The van der Waals surface area contributed by atoms with Gasteiger partial charge in [-0.3, -0.25) is 4.79 Å². The number of amides is 1. The van der Waals surface area contributed by atoms with Crippen LogP contribution in [0.1, 0.15) is 24.7 Å². The minimum absolute atomic E-state index is 0.000486. The zero-order valence-corrected chi connectivity index (χ0v) is 16.2. The van der Waals surface area contributed by atoms with Crippen molar-refractivity contribution in [2.45, 2.75) is 13.3 Å². The van der Waals surface area contributed by atoms with Crippen LogP contribution in [0.25, 0.3) is 23.0 Å². The van der Waals surface area contributed by atoms with Crippen molar-refractivity contribution in [1.29, 1.82) is 0 Å². The standard InChI is InChI=1S/C22H17Cl2NO2/c1-2-11-25-20-6-4-3-5-16(20)18(22(25)26)13-15-8-10-21(27-15)17-9-7-14(23)12-19(17)24/h3-10,12-13H,2,11H2,1H3/b18-13-. The second-order valence-electron chi connectivity index (χ2n) is 6.36. The topological polar surface area (TPSA) is 33.5 Å². The number of fused-ring (bicyclic) bond motifs is 1. The van der Waals surface area contributed by atoms with Gasteiger partial charge in [-0.05, 0) is 48.9 Å². The summed E-state index contributed by atoms with van der Waals surface area (Å²) >= 11 is 12.2. The Kier molecular flexibility index (Phi) is 4.81. The number of carbonyl (C=O) groups is 1. The summed E-state index contributed by atoms with van der Waals surface area (Å²) < 4.78 is 5.94. The maximum Gasteiger partial charge on any atom is 0.259 e. The monoisotopic (exact) mass is 397 g/mol. The maximum atomic E-state index is 12.9. The van der Waals surface area contributed by atoms with Gasteiger partial charge in [0.05, 0.1) is 16.3 Å². The number of para-hydroxylation sites is 1. The fraction of sp³-hybridized carbons (Fsp3) is 0.136. The lowest BCUT2D eigenvalue weighted by Crippen LogP contribution is -2.26. The minimum Gasteiger partial charge on any atom is -0.457 e. The highest BCUT2D eigenvalue weighted by atomic mass is 35.5. The maximum absolute atomic E-state index is 12.9. The number of hydrogen-bond donors (Lipinski definition) is 0. The summed E-state index contributed by atoms with van der Waals surface area (Å²) in [4.78, 5) is 14.7. The molecule has 136 valence electrons. The van der Waals surface area contributed by atoms with Crippen molar-refractivity contribution < 1.29 is 9.21 Å². The molecule has 5 heteroatoms. The van der Waals surface area contributed by atoms with Crippen molar-refractivity contribution in [3.05, 3.63) is 76.0 Å². The smallest absolute Gasteiger partial charge is 0.259 e. The Morgan fingerprint density at radius 3 is 2.63 bits per heavy atom. The number of anilines is 1. The zero-order chi connectivity index (χ0) is 19.0. The third-order valence-electron chi connectivity index (χ3n) is 4.52. The lowest BCUT2D eigenvalue weighted by Gasteiger charge is -2.15. The van der Waals surface area contributed by atoms with Crippen molar-refractivity contribution in [2.24, 2.45) is 0 Å². The molecule has 0 atom stereocenters. The molecule has 0 aliphatic carbocycles. The van der Waals surface area contributed by atoms with Crippen LogP contribution < -0.4 is 4.90 Å². The molecule has 4 rings (SSSR count). The molecule has 0 fully saturated rings. The summed E-state index contributed by atoms with van der Waals surface area (Å²) in [6, 6.07) is 16.8. The second kappa shape index (κ2) is 7.26.